The van der Waals surface area contributed by atoms with Crippen LogP contribution in [0.15, 0.2) is 40.9 Å². The number of amides is 1. The molecule has 2 aromatic rings. The second-order valence-corrected chi connectivity index (χ2v) is 5.25. The van der Waals surface area contributed by atoms with Crippen LogP contribution in [-0.4, -0.2) is 15.9 Å². The number of hydrogen-bond donors (Lipinski definition) is 2. The fourth-order valence-corrected chi connectivity index (χ4v) is 2.22. The minimum Gasteiger partial charge on any atom is -0.508 e. The van der Waals surface area contributed by atoms with Crippen molar-refractivity contribution in [1.29, 1.82) is 0 Å². The molecule has 0 radical (unpaired) electrons. The normalized spacial score (nSPS) is 10.2. The molecule has 0 saturated carbocycles. The summed E-state index contributed by atoms with van der Waals surface area (Å²) in [6, 6.07) is 8.23. The molecule has 0 fully saturated rings. The Morgan fingerprint density at radius 3 is 2.71 bits per heavy atom. The van der Waals surface area contributed by atoms with Crippen molar-refractivity contribution >= 4 is 44.8 Å². The third-order valence-electron chi connectivity index (χ3n) is 2.62. The molecule has 0 aliphatic rings. The van der Waals surface area contributed by atoms with E-state index >= 15 is 0 Å². The number of nitrogens with zero attached hydrogens (tertiary/aromatic N) is 1. The van der Waals surface area contributed by atoms with Crippen LogP contribution >= 0.6 is 27.5 Å². The topological polar surface area (TPSA) is 92.5 Å². The molecule has 108 valence electrons. The lowest BCUT2D eigenvalue weighted by Gasteiger charge is -2.08. The fourth-order valence-electron chi connectivity index (χ4n) is 1.65. The Kier molecular flexibility index (Phi) is 4.44. The molecule has 8 heteroatoms. The summed E-state index contributed by atoms with van der Waals surface area (Å²) in [5, 5.41) is 22.8. The van der Waals surface area contributed by atoms with Gasteiger partial charge in [-0.05, 0) is 40.2 Å². The zero-order chi connectivity index (χ0) is 15.6. The molecule has 0 unspecified atom stereocenters. The monoisotopic (exact) mass is 370 g/mol. The number of halogens is 2. The summed E-state index contributed by atoms with van der Waals surface area (Å²) in [5.74, 6) is -0.852. The summed E-state index contributed by atoms with van der Waals surface area (Å²) in [7, 11) is 0. The number of rotatable bonds is 3. The largest absolute Gasteiger partial charge is 0.508 e. The van der Waals surface area contributed by atoms with Gasteiger partial charge in [-0.2, -0.15) is 0 Å². The quantitative estimate of drug-likeness (QED) is 0.485. The smallest absolute Gasteiger partial charge is 0.296 e. The number of carbonyl (C=O) groups is 1. The number of anilines is 1. The number of phenolic OH excluding ortho intramolecular Hbond substituents is 1. The van der Waals surface area contributed by atoms with Crippen molar-refractivity contribution in [2.75, 3.05) is 5.32 Å². The highest BCUT2D eigenvalue weighted by molar-refractivity contribution is 9.10. The highest BCUT2D eigenvalue weighted by atomic mass is 79.9. The maximum Gasteiger partial charge on any atom is 0.296 e. The average Bonchev–Trinajstić information content (AvgIpc) is 2.43. The number of hydrogen-bond acceptors (Lipinski definition) is 4. The van der Waals surface area contributed by atoms with Gasteiger partial charge in [0.2, 0.25) is 0 Å². The van der Waals surface area contributed by atoms with Gasteiger partial charge in [-0.3, -0.25) is 14.9 Å². The molecule has 2 aromatic carbocycles. The molecule has 21 heavy (non-hydrogen) atoms. The number of aromatic hydroxyl groups is 1. The van der Waals surface area contributed by atoms with Gasteiger partial charge >= 0.3 is 0 Å². The Morgan fingerprint density at radius 1 is 1.33 bits per heavy atom. The number of nitro groups is 1. The predicted octanol–water partition coefficient (Wildman–Crippen LogP) is 3.97. The molecule has 0 atom stereocenters. The van der Waals surface area contributed by atoms with Gasteiger partial charge in [0.1, 0.15) is 11.4 Å². The first-order valence-electron chi connectivity index (χ1n) is 5.63. The Labute approximate surface area is 132 Å². The van der Waals surface area contributed by atoms with Gasteiger partial charge in [-0.1, -0.05) is 17.7 Å². The maximum absolute atomic E-state index is 12.1. The molecule has 0 aliphatic carbocycles. The predicted molar refractivity (Wildman–Crippen MR) is 81.9 cm³/mol. The van der Waals surface area contributed by atoms with E-state index in [4.69, 9.17) is 11.6 Å². The lowest BCUT2D eigenvalue weighted by atomic mass is 10.2. The molecule has 6 nitrogen and oxygen atoms in total. The first-order chi connectivity index (χ1) is 9.90. The van der Waals surface area contributed by atoms with E-state index in [0.717, 1.165) is 6.07 Å². The molecule has 1 amide bonds. The van der Waals surface area contributed by atoms with Crippen molar-refractivity contribution in [3.8, 4) is 5.75 Å². The summed E-state index contributed by atoms with van der Waals surface area (Å²) < 4.78 is 0.539. The summed E-state index contributed by atoms with van der Waals surface area (Å²) in [4.78, 5) is 22.4. The Bertz CT molecular complexity index is 736. The number of carbonyl (C=O) groups excluding carboxylic acids is 1. The average molecular weight is 372 g/mol. The number of nitrogens with one attached hydrogen (secondary N) is 1. The maximum atomic E-state index is 12.1. The molecule has 2 rings (SSSR count). The van der Waals surface area contributed by atoms with Crippen LogP contribution in [0.4, 0.5) is 11.4 Å². The van der Waals surface area contributed by atoms with Crippen LogP contribution in [0.5, 0.6) is 5.75 Å². The fraction of sp³-hybridized carbons (Fsp3) is 0. The van der Waals surface area contributed by atoms with E-state index in [2.05, 4.69) is 21.2 Å². The van der Waals surface area contributed by atoms with Gasteiger partial charge in [0, 0.05) is 4.47 Å². The molecular weight excluding hydrogens is 364 g/mol. The van der Waals surface area contributed by atoms with Crippen molar-refractivity contribution < 1.29 is 14.8 Å². The van der Waals surface area contributed by atoms with Crippen LogP contribution in [0.2, 0.25) is 5.02 Å². The lowest BCUT2D eigenvalue weighted by molar-refractivity contribution is -0.384. The number of benzene rings is 2. The van der Waals surface area contributed by atoms with Gasteiger partial charge < -0.3 is 10.4 Å². The summed E-state index contributed by atoms with van der Waals surface area (Å²) in [6.07, 6.45) is 0. The van der Waals surface area contributed by atoms with Crippen molar-refractivity contribution in [1.82, 2.24) is 0 Å². The van der Waals surface area contributed by atoms with E-state index in [1.807, 2.05) is 0 Å². The van der Waals surface area contributed by atoms with Crippen LogP contribution in [0.3, 0.4) is 0 Å². The van der Waals surface area contributed by atoms with Crippen LogP contribution in [0.25, 0.3) is 0 Å². The molecule has 0 aliphatic heterocycles. The SMILES string of the molecule is O=C(Nc1ccc(O)cc1[N+](=O)[O-])c1cccc(Br)c1Cl. The summed E-state index contributed by atoms with van der Waals surface area (Å²) in [6.45, 7) is 0. The van der Waals surface area contributed by atoms with Crippen LogP contribution in [0, 0.1) is 10.1 Å². The van der Waals surface area contributed by atoms with Crippen molar-refractivity contribution in [3.05, 3.63) is 61.6 Å². The van der Waals surface area contributed by atoms with Gasteiger partial charge in [-0.15, -0.1) is 0 Å². The molecule has 0 spiro atoms. The van der Waals surface area contributed by atoms with E-state index in [0.29, 0.717) is 4.47 Å². The van der Waals surface area contributed by atoms with Gasteiger partial charge in [0.25, 0.3) is 11.6 Å². The Hall–Kier alpha value is -2.12. The second-order valence-electron chi connectivity index (χ2n) is 4.01. The van der Waals surface area contributed by atoms with Gasteiger partial charge in [-0.25, -0.2) is 0 Å². The van der Waals surface area contributed by atoms with E-state index < -0.39 is 16.5 Å². The first kappa shape index (κ1) is 15.3. The highest BCUT2D eigenvalue weighted by Crippen LogP contribution is 2.30. The third-order valence-corrected chi connectivity index (χ3v) is 3.92. The van der Waals surface area contributed by atoms with Crippen LogP contribution in [0.1, 0.15) is 10.4 Å². The van der Waals surface area contributed by atoms with Gasteiger partial charge in [0.15, 0.2) is 0 Å². The molecule has 2 N–H and O–H groups in total. The minimum atomic E-state index is -0.697. The van der Waals surface area contributed by atoms with Crippen molar-refractivity contribution in [2.45, 2.75) is 0 Å². The molecular formula is C13H8BrClN2O4. The number of phenols is 1. The Balaban J connectivity index is 2.36. The number of nitro benzene ring substituents is 1. The standard InChI is InChI=1S/C13H8BrClN2O4/c14-9-3-1-2-8(12(9)15)13(19)16-10-5-4-7(18)6-11(10)17(20)21/h1-6,18H,(H,16,19). The van der Waals surface area contributed by atoms with Crippen LogP contribution in [-0.2, 0) is 0 Å². The van der Waals surface area contributed by atoms with E-state index in [-0.39, 0.29) is 22.0 Å². The zero-order valence-electron chi connectivity index (χ0n) is 10.3. The molecule has 0 saturated heterocycles. The minimum absolute atomic E-state index is 0.0288. The lowest BCUT2D eigenvalue weighted by Crippen LogP contribution is -2.13. The first-order valence-corrected chi connectivity index (χ1v) is 6.80. The summed E-state index contributed by atoms with van der Waals surface area (Å²) in [5.41, 5.74) is -0.262. The molecule has 0 aromatic heterocycles. The van der Waals surface area contributed by atoms with E-state index in [9.17, 15) is 20.0 Å². The zero-order valence-corrected chi connectivity index (χ0v) is 12.7. The third kappa shape index (κ3) is 3.32. The summed E-state index contributed by atoms with van der Waals surface area (Å²) >= 11 is 9.19. The van der Waals surface area contributed by atoms with Crippen molar-refractivity contribution in [2.24, 2.45) is 0 Å². The van der Waals surface area contributed by atoms with Gasteiger partial charge in [0.05, 0.1) is 21.6 Å². The van der Waals surface area contributed by atoms with Crippen molar-refractivity contribution in [3.63, 3.8) is 0 Å². The second kappa shape index (κ2) is 6.11. The Morgan fingerprint density at radius 2 is 2.05 bits per heavy atom. The van der Waals surface area contributed by atoms with E-state index in [1.54, 1.807) is 12.1 Å². The highest BCUT2D eigenvalue weighted by Gasteiger charge is 2.19. The molecule has 0 heterocycles. The van der Waals surface area contributed by atoms with E-state index in [1.165, 1.54) is 18.2 Å². The van der Waals surface area contributed by atoms with Crippen LogP contribution < -0.4 is 5.32 Å². The molecule has 0 bridgehead atoms.